The number of carbonyl (C=O) groups excluding carboxylic acids is 2. The average Bonchev–Trinajstić information content (AvgIpc) is 2.21. The van der Waals surface area contributed by atoms with Crippen LogP contribution in [0, 0.1) is 0 Å². The molecule has 0 aromatic rings. The Kier molecular flexibility index (Phi) is 6.75. The molecule has 0 aliphatic carbocycles. The summed E-state index contributed by atoms with van der Waals surface area (Å²) in [5.41, 5.74) is 0. The van der Waals surface area contributed by atoms with E-state index >= 15 is 0 Å². The van der Waals surface area contributed by atoms with Gasteiger partial charge in [-0.3, -0.25) is 9.59 Å². The Bertz CT molecular complexity index is 217. The Morgan fingerprint density at radius 1 is 1.27 bits per heavy atom. The van der Waals surface area contributed by atoms with Crippen molar-refractivity contribution in [3.8, 4) is 0 Å². The number of rotatable bonds is 6. The van der Waals surface area contributed by atoms with Crippen LogP contribution in [0.2, 0.25) is 0 Å². The van der Waals surface area contributed by atoms with E-state index in [0.29, 0.717) is 13.1 Å². The van der Waals surface area contributed by atoms with Gasteiger partial charge in [0, 0.05) is 20.0 Å². The Morgan fingerprint density at radius 3 is 2.27 bits per heavy atom. The van der Waals surface area contributed by atoms with Gasteiger partial charge < -0.3 is 10.2 Å². The minimum absolute atomic E-state index is 0.0454. The summed E-state index contributed by atoms with van der Waals surface area (Å²) in [7, 11) is 0. The van der Waals surface area contributed by atoms with E-state index in [4.69, 9.17) is 0 Å². The van der Waals surface area contributed by atoms with E-state index in [2.05, 4.69) is 5.32 Å². The summed E-state index contributed by atoms with van der Waals surface area (Å²) < 4.78 is 0. The summed E-state index contributed by atoms with van der Waals surface area (Å²) in [6.07, 6.45) is 1.78. The highest BCUT2D eigenvalue weighted by Crippen LogP contribution is 2.01. The van der Waals surface area contributed by atoms with Crippen molar-refractivity contribution in [2.75, 3.05) is 13.1 Å². The molecule has 0 fully saturated rings. The molecule has 0 saturated heterocycles. The largest absolute Gasteiger partial charge is 0.354 e. The molecule has 2 amide bonds. The molecule has 88 valence electrons. The van der Waals surface area contributed by atoms with Crippen molar-refractivity contribution in [3.63, 3.8) is 0 Å². The average molecular weight is 214 g/mol. The number of carbonyl (C=O) groups is 2. The molecule has 1 unspecified atom stereocenters. The van der Waals surface area contributed by atoms with Gasteiger partial charge >= 0.3 is 0 Å². The summed E-state index contributed by atoms with van der Waals surface area (Å²) in [5.74, 6) is -0.114. The fraction of sp³-hybridized carbons (Fsp3) is 0.818. The van der Waals surface area contributed by atoms with Crippen molar-refractivity contribution in [2.24, 2.45) is 0 Å². The van der Waals surface area contributed by atoms with Crippen molar-refractivity contribution in [1.82, 2.24) is 10.2 Å². The number of hydrogen-bond acceptors (Lipinski definition) is 2. The predicted molar refractivity (Wildman–Crippen MR) is 60.4 cm³/mol. The van der Waals surface area contributed by atoms with Gasteiger partial charge in [-0.25, -0.2) is 0 Å². The first kappa shape index (κ1) is 13.9. The van der Waals surface area contributed by atoms with Crippen LogP contribution in [-0.2, 0) is 9.59 Å². The fourth-order valence-electron chi connectivity index (χ4n) is 1.40. The molecule has 0 radical (unpaired) electrons. The summed E-state index contributed by atoms with van der Waals surface area (Å²) in [6, 6.07) is -0.367. The third kappa shape index (κ3) is 4.81. The number of nitrogens with one attached hydrogen (secondary N) is 1. The van der Waals surface area contributed by atoms with Crippen LogP contribution in [0.3, 0.4) is 0 Å². The van der Waals surface area contributed by atoms with Crippen LogP contribution in [-0.4, -0.2) is 35.8 Å². The van der Waals surface area contributed by atoms with Gasteiger partial charge in [0.1, 0.15) is 6.04 Å². The number of hydrogen-bond donors (Lipinski definition) is 1. The third-order valence-electron chi connectivity index (χ3n) is 2.27. The van der Waals surface area contributed by atoms with E-state index < -0.39 is 0 Å². The third-order valence-corrected chi connectivity index (χ3v) is 2.27. The van der Waals surface area contributed by atoms with Crippen LogP contribution >= 0.6 is 0 Å². The maximum absolute atomic E-state index is 11.6. The molecular formula is C11H22N2O2. The van der Waals surface area contributed by atoms with Gasteiger partial charge in [0.2, 0.25) is 11.8 Å². The first-order chi connectivity index (χ1) is 7.04. The standard InChI is InChI=1S/C11H22N2O2/c1-5-7-12-11(15)9(3)13(8-6-2)10(4)14/h9H,5-8H2,1-4H3,(H,12,15). The van der Waals surface area contributed by atoms with Gasteiger partial charge in [-0.1, -0.05) is 13.8 Å². The van der Waals surface area contributed by atoms with Crippen molar-refractivity contribution < 1.29 is 9.59 Å². The van der Waals surface area contributed by atoms with E-state index in [1.165, 1.54) is 6.92 Å². The zero-order valence-electron chi connectivity index (χ0n) is 10.2. The lowest BCUT2D eigenvalue weighted by atomic mass is 10.2. The highest BCUT2D eigenvalue weighted by Gasteiger charge is 2.21. The van der Waals surface area contributed by atoms with E-state index in [0.717, 1.165) is 12.8 Å². The molecule has 4 nitrogen and oxygen atoms in total. The SMILES string of the molecule is CCCNC(=O)C(C)N(CCC)C(C)=O. The van der Waals surface area contributed by atoms with Gasteiger partial charge in [-0.2, -0.15) is 0 Å². The molecule has 1 atom stereocenters. The van der Waals surface area contributed by atoms with Gasteiger partial charge in [-0.15, -0.1) is 0 Å². The molecule has 0 aromatic carbocycles. The van der Waals surface area contributed by atoms with Crippen LogP contribution in [0.4, 0.5) is 0 Å². The highest BCUT2D eigenvalue weighted by atomic mass is 16.2. The molecular weight excluding hydrogens is 192 g/mol. The Hall–Kier alpha value is -1.06. The zero-order valence-corrected chi connectivity index (χ0v) is 10.2. The molecule has 0 rings (SSSR count). The molecule has 4 heteroatoms. The normalized spacial score (nSPS) is 12.0. The van der Waals surface area contributed by atoms with Crippen molar-refractivity contribution >= 4 is 11.8 Å². The zero-order chi connectivity index (χ0) is 11.8. The molecule has 0 heterocycles. The van der Waals surface area contributed by atoms with Crippen LogP contribution < -0.4 is 5.32 Å². The topological polar surface area (TPSA) is 49.4 Å². The number of nitrogens with zero attached hydrogens (tertiary/aromatic N) is 1. The quantitative estimate of drug-likeness (QED) is 0.721. The first-order valence-electron chi connectivity index (χ1n) is 5.59. The van der Waals surface area contributed by atoms with Crippen molar-refractivity contribution in [1.29, 1.82) is 0 Å². The Balaban J connectivity index is 4.28. The lowest BCUT2D eigenvalue weighted by Gasteiger charge is -2.26. The van der Waals surface area contributed by atoms with Gasteiger partial charge in [0.05, 0.1) is 0 Å². The maximum Gasteiger partial charge on any atom is 0.242 e. The Morgan fingerprint density at radius 2 is 1.87 bits per heavy atom. The lowest BCUT2D eigenvalue weighted by molar-refractivity contribution is -0.138. The minimum atomic E-state index is -0.367. The number of amides is 2. The second kappa shape index (κ2) is 7.26. The van der Waals surface area contributed by atoms with Crippen molar-refractivity contribution in [2.45, 2.75) is 46.6 Å². The Labute approximate surface area is 92.0 Å². The van der Waals surface area contributed by atoms with E-state index in [1.807, 2.05) is 13.8 Å². The van der Waals surface area contributed by atoms with Gasteiger partial charge in [0.15, 0.2) is 0 Å². The maximum atomic E-state index is 11.6. The fourth-order valence-corrected chi connectivity index (χ4v) is 1.40. The molecule has 0 spiro atoms. The lowest BCUT2D eigenvalue weighted by Crippen LogP contribution is -2.47. The van der Waals surface area contributed by atoms with Crippen LogP contribution in [0.25, 0.3) is 0 Å². The smallest absolute Gasteiger partial charge is 0.242 e. The molecule has 1 N–H and O–H groups in total. The predicted octanol–water partition coefficient (Wildman–Crippen LogP) is 1.16. The van der Waals surface area contributed by atoms with E-state index in [-0.39, 0.29) is 17.9 Å². The second-order valence-electron chi connectivity index (χ2n) is 3.68. The minimum Gasteiger partial charge on any atom is -0.354 e. The summed E-state index contributed by atoms with van der Waals surface area (Å²) in [5, 5.41) is 2.79. The molecule has 0 bridgehead atoms. The summed E-state index contributed by atoms with van der Waals surface area (Å²) in [6.45, 7) is 8.56. The van der Waals surface area contributed by atoms with Gasteiger partial charge in [0.25, 0.3) is 0 Å². The van der Waals surface area contributed by atoms with E-state index in [1.54, 1.807) is 11.8 Å². The molecule has 15 heavy (non-hydrogen) atoms. The van der Waals surface area contributed by atoms with Crippen LogP contribution in [0.15, 0.2) is 0 Å². The second-order valence-corrected chi connectivity index (χ2v) is 3.68. The first-order valence-corrected chi connectivity index (χ1v) is 5.59. The van der Waals surface area contributed by atoms with Crippen LogP contribution in [0.5, 0.6) is 0 Å². The van der Waals surface area contributed by atoms with Gasteiger partial charge in [-0.05, 0) is 19.8 Å². The van der Waals surface area contributed by atoms with Crippen molar-refractivity contribution in [3.05, 3.63) is 0 Å². The molecule has 0 aliphatic heterocycles. The summed E-state index contributed by atoms with van der Waals surface area (Å²) in [4.78, 5) is 24.5. The van der Waals surface area contributed by atoms with E-state index in [9.17, 15) is 9.59 Å². The summed E-state index contributed by atoms with van der Waals surface area (Å²) >= 11 is 0. The molecule has 0 saturated carbocycles. The molecule has 0 aromatic heterocycles. The highest BCUT2D eigenvalue weighted by molar-refractivity contribution is 5.86. The van der Waals surface area contributed by atoms with Crippen LogP contribution in [0.1, 0.15) is 40.5 Å². The molecule has 0 aliphatic rings. The monoisotopic (exact) mass is 214 g/mol.